The average molecular weight is 247 g/mol. The molecule has 0 saturated carbocycles. The van der Waals surface area contributed by atoms with Crippen LogP contribution in [0.3, 0.4) is 0 Å². The summed E-state index contributed by atoms with van der Waals surface area (Å²) in [6, 6.07) is 0. The van der Waals surface area contributed by atoms with Crippen molar-refractivity contribution in [3.63, 3.8) is 0 Å². The monoisotopic (exact) mass is 247 g/mol. The van der Waals surface area contributed by atoms with E-state index in [4.69, 9.17) is 4.74 Å². The lowest BCUT2D eigenvalue weighted by atomic mass is 9.94. The summed E-state index contributed by atoms with van der Waals surface area (Å²) in [4.78, 5) is 11.2. The van der Waals surface area contributed by atoms with E-state index in [0.717, 1.165) is 31.9 Å². The fourth-order valence-corrected chi connectivity index (χ4v) is 2.72. The van der Waals surface area contributed by atoms with Crippen molar-refractivity contribution < 1.29 is 4.74 Å². The molecule has 1 aromatic rings. The quantitative estimate of drug-likeness (QED) is 0.752. The molecule has 98 valence electrons. The number of rotatable bonds is 2. The van der Waals surface area contributed by atoms with Crippen molar-refractivity contribution in [2.45, 2.75) is 51.2 Å². The van der Waals surface area contributed by atoms with E-state index in [1.54, 1.807) is 0 Å². The third kappa shape index (κ3) is 1.99. The molecule has 1 aromatic heterocycles. The minimum absolute atomic E-state index is 0.189. The molecule has 2 saturated heterocycles. The van der Waals surface area contributed by atoms with Crippen LogP contribution in [0.5, 0.6) is 0 Å². The molecule has 0 bridgehead atoms. The zero-order chi connectivity index (χ0) is 12.8. The maximum Gasteiger partial charge on any atom is 0.225 e. The van der Waals surface area contributed by atoms with Gasteiger partial charge in [-0.1, -0.05) is 13.8 Å². The van der Waals surface area contributed by atoms with E-state index in [1.807, 2.05) is 12.4 Å². The van der Waals surface area contributed by atoms with Crippen LogP contribution >= 0.6 is 0 Å². The second kappa shape index (κ2) is 4.19. The molecule has 4 nitrogen and oxygen atoms in total. The van der Waals surface area contributed by atoms with E-state index in [0.29, 0.717) is 12.0 Å². The minimum Gasteiger partial charge on any atom is -0.366 e. The van der Waals surface area contributed by atoms with Gasteiger partial charge in [-0.2, -0.15) is 0 Å². The summed E-state index contributed by atoms with van der Waals surface area (Å²) < 4.78 is 5.71. The maximum atomic E-state index is 5.71. The van der Waals surface area contributed by atoms with Gasteiger partial charge in [-0.3, -0.25) is 0 Å². The summed E-state index contributed by atoms with van der Waals surface area (Å²) in [7, 11) is 0. The molecule has 3 rings (SSSR count). The first-order chi connectivity index (χ1) is 8.61. The first-order valence-corrected chi connectivity index (χ1v) is 6.85. The lowest BCUT2D eigenvalue weighted by molar-refractivity contribution is 0.253. The van der Waals surface area contributed by atoms with Gasteiger partial charge in [0.2, 0.25) is 5.95 Å². The molecule has 2 aliphatic heterocycles. The van der Waals surface area contributed by atoms with Gasteiger partial charge in [-0.05, 0) is 31.2 Å². The third-order valence-corrected chi connectivity index (χ3v) is 4.31. The summed E-state index contributed by atoms with van der Waals surface area (Å²) in [5.74, 6) is 1.35. The lowest BCUT2D eigenvalue weighted by Crippen LogP contribution is -2.39. The van der Waals surface area contributed by atoms with Crippen LogP contribution in [0, 0.1) is 0 Å². The van der Waals surface area contributed by atoms with Gasteiger partial charge < -0.3 is 9.64 Å². The molecule has 0 radical (unpaired) electrons. The first kappa shape index (κ1) is 11.9. The van der Waals surface area contributed by atoms with E-state index in [-0.39, 0.29) is 5.60 Å². The van der Waals surface area contributed by atoms with E-state index >= 15 is 0 Å². The topological polar surface area (TPSA) is 41.6 Å². The Bertz CT molecular complexity index is 421. The Morgan fingerprint density at radius 2 is 1.83 bits per heavy atom. The summed E-state index contributed by atoms with van der Waals surface area (Å²) in [6.45, 7) is 8.50. The Morgan fingerprint density at radius 1 is 1.28 bits per heavy atom. The van der Waals surface area contributed by atoms with Crippen molar-refractivity contribution >= 4 is 5.95 Å². The third-order valence-electron chi connectivity index (χ3n) is 4.31. The average Bonchev–Trinajstić information content (AvgIpc) is 3.00. The zero-order valence-electron chi connectivity index (χ0n) is 11.4. The van der Waals surface area contributed by atoms with Gasteiger partial charge in [0.25, 0.3) is 0 Å². The second-order valence-electron chi connectivity index (χ2n) is 5.78. The number of nitrogens with zero attached hydrogens (tertiary/aromatic N) is 3. The highest BCUT2D eigenvalue weighted by molar-refractivity contribution is 5.32. The fourth-order valence-electron chi connectivity index (χ4n) is 2.72. The first-order valence-electron chi connectivity index (χ1n) is 6.85. The van der Waals surface area contributed by atoms with E-state index in [9.17, 15) is 0 Å². The molecule has 0 amide bonds. The van der Waals surface area contributed by atoms with Crippen molar-refractivity contribution in [1.29, 1.82) is 0 Å². The number of epoxide rings is 1. The van der Waals surface area contributed by atoms with Crippen LogP contribution in [0.1, 0.15) is 45.1 Å². The van der Waals surface area contributed by atoms with Crippen molar-refractivity contribution in [2.75, 3.05) is 18.0 Å². The SMILES string of the molecule is CC(C)c1cnc(N2CCC3(CC2)OC3C)nc1. The lowest BCUT2D eigenvalue weighted by Gasteiger charge is -2.30. The Hall–Kier alpha value is -1.16. The Morgan fingerprint density at radius 3 is 2.28 bits per heavy atom. The Kier molecular flexibility index (Phi) is 2.77. The number of ether oxygens (including phenoxy) is 1. The van der Waals surface area contributed by atoms with E-state index in [2.05, 4.69) is 35.6 Å². The van der Waals surface area contributed by atoms with Gasteiger partial charge in [-0.15, -0.1) is 0 Å². The van der Waals surface area contributed by atoms with Crippen molar-refractivity contribution in [3.05, 3.63) is 18.0 Å². The van der Waals surface area contributed by atoms with Gasteiger partial charge >= 0.3 is 0 Å². The van der Waals surface area contributed by atoms with Crippen LogP contribution in [0.25, 0.3) is 0 Å². The van der Waals surface area contributed by atoms with Gasteiger partial charge in [0.1, 0.15) is 0 Å². The molecule has 1 unspecified atom stereocenters. The molecule has 0 aromatic carbocycles. The van der Waals surface area contributed by atoms with Gasteiger partial charge in [0.05, 0.1) is 11.7 Å². The molecule has 4 heteroatoms. The summed E-state index contributed by atoms with van der Waals surface area (Å²) in [5.41, 5.74) is 1.39. The fraction of sp³-hybridized carbons (Fsp3) is 0.714. The number of hydrogen-bond donors (Lipinski definition) is 0. The molecule has 1 atom stereocenters. The van der Waals surface area contributed by atoms with Crippen LogP contribution in [0.4, 0.5) is 5.95 Å². The minimum atomic E-state index is 0.189. The van der Waals surface area contributed by atoms with Crippen molar-refractivity contribution in [2.24, 2.45) is 0 Å². The summed E-state index contributed by atoms with van der Waals surface area (Å²) in [5, 5.41) is 0. The molecule has 2 aliphatic rings. The molecule has 18 heavy (non-hydrogen) atoms. The summed E-state index contributed by atoms with van der Waals surface area (Å²) >= 11 is 0. The van der Waals surface area contributed by atoms with Crippen LogP contribution in [0.2, 0.25) is 0 Å². The van der Waals surface area contributed by atoms with E-state index < -0.39 is 0 Å². The van der Waals surface area contributed by atoms with Crippen molar-refractivity contribution in [1.82, 2.24) is 9.97 Å². The molecular formula is C14H21N3O. The summed E-state index contributed by atoms with van der Waals surface area (Å²) in [6.07, 6.45) is 6.55. The maximum absolute atomic E-state index is 5.71. The smallest absolute Gasteiger partial charge is 0.225 e. The zero-order valence-corrected chi connectivity index (χ0v) is 11.4. The highest BCUT2D eigenvalue weighted by Crippen LogP contribution is 2.45. The van der Waals surface area contributed by atoms with Crippen molar-refractivity contribution in [3.8, 4) is 0 Å². The second-order valence-corrected chi connectivity index (χ2v) is 5.78. The number of aromatic nitrogens is 2. The molecule has 3 heterocycles. The highest BCUT2D eigenvalue weighted by Gasteiger charge is 2.54. The largest absolute Gasteiger partial charge is 0.366 e. The molecular weight excluding hydrogens is 226 g/mol. The molecule has 0 aliphatic carbocycles. The van der Waals surface area contributed by atoms with Gasteiger partial charge in [0, 0.05) is 25.5 Å². The highest BCUT2D eigenvalue weighted by atomic mass is 16.6. The number of piperidine rings is 1. The van der Waals surface area contributed by atoms with Crippen LogP contribution in [0.15, 0.2) is 12.4 Å². The number of anilines is 1. The predicted molar refractivity (Wildman–Crippen MR) is 70.8 cm³/mol. The van der Waals surface area contributed by atoms with Gasteiger partial charge in [0.15, 0.2) is 0 Å². The van der Waals surface area contributed by atoms with Crippen LogP contribution < -0.4 is 4.90 Å². The molecule has 2 fully saturated rings. The van der Waals surface area contributed by atoms with Crippen LogP contribution in [-0.2, 0) is 4.74 Å². The number of hydrogen-bond acceptors (Lipinski definition) is 4. The molecule has 0 N–H and O–H groups in total. The Balaban J connectivity index is 1.65. The normalized spacial score (nSPS) is 25.8. The van der Waals surface area contributed by atoms with Gasteiger partial charge in [-0.25, -0.2) is 9.97 Å². The van der Waals surface area contributed by atoms with Crippen LogP contribution in [-0.4, -0.2) is 34.8 Å². The standard InChI is InChI=1S/C14H21N3O/c1-10(2)12-8-15-13(16-9-12)17-6-4-14(5-7-17)11(3)18-14/h8-11H,4-7H2,1-3H3. The van der Waals surface area contributed by atoms with E-state index in [1.165, 1.54) is 5.56 Å². The predicted octanol–water partition coefficient (Wildman–Crippen LogP) is 2.36. The molecule has 1 spiro atoms. The Labute approximate surface area is 108 Å².